The number of halogens is 3. The molecule has 0 radical (unpaired) electrons. The zero-order chi connectivity index (χ0) is 30.3. The molecule has 0 aromatic heterocycles. The predicted molar refractivity (Wildman–Crippen MR) is 165 cm³/mol. The number of sulfonamides is 1. The quantitative estimate of drug-likeness (QED) is 0.218. The molecule has 218 valence electrons. The van der Waals surface area contributed by atoms with Gasteiger partial charge in [0.25, 0.3) is 10.0 Å². The number of hydrogen-bond donors (Lipinski definition) is 1. The Labute approximate surface area is 258 Å². The molecular weight excluding hydrogens is 645 g/mol. The first kappa shape index (κ1) is 31.2. The minimum Gasteiger partial charge on any atom is -0.357 e. The van der Waals surface area contributed by atoms with Crippen LogP contribution in [0.2, 0.25) is 5.02 Å². The lowest BCUT2D eigenvalue weighted by atomic mass is 10.0. The highest BCUT2D eigenvalue weighted by Gasteiger charge is 2.34. The van der Waals surface area contributed by atoms with E-state index < -0.39 is 40.2 Å². The summed E-state index contributed by atoms with van der Waals surface area (Å²) >= 11 is 9.43. The van der Waals surface area contributed by atoms with Crippen LogP contribution in [0.1, 0.15) is 11.1 Å². The van der Waals surface area contributed by atoms with E-state index in [1.807, 2.05) is 54.6 Å². The Kier molecular flexibility index (Phi) is 10.4. The number of carbonyl (C=O) groups excluding carboxylic acids is 2. The van der Waals surface area contributed by atoms with Crippen LogP contribution in [0, 0.1) is 5.82 Å². The lowest BCUT2D eigenvalue weighted by Gasteiger charge is -2.33. The van der Waals surface area contributed by atoms with Crippen molar-refractivity contribution in [3.05, 3.63) is 130 Å². The summed E-state index contributed by atoms with van der Waals surface area (Å²) in [5, 5.41) is 2.34. The monoisotopic (exact) mass is 671 g/mol. The van der Waals surface area contributed by atoms with E-state index in [4.69, 9.17) is 11.6 Å². The first-order chi connectivity index (χ1) is 20.1. The van der Waals surface area contributed by atoms with Crippen molar-refractivity contribution in [1.29, 1.82) is 0 Å². The van der Waals surface area contributed by atoms with Gasteiger partial charge in [-0.05, 0) is 53.6 Å². The van der Waals surface area contributed by atoms with Gasteiger partial charge in [0.05, 0.1) is 15.6 Å². The summed E-state index contributed by atoms with van der Waals surface area (Å²) < 4.78 is 43.5. The fourth-order valence-electron chi connectivity index (χ4n) is 4.40. The van der Waals surface area contributed by atoms with Crippen molar-refractivity contribution in [2.24, 2.45) is 0 Å². The molecule has 0 bridgehead atoms. The van der Waals surface area contributed by atoms with Gasteiger partial charge >= 0.3 is 0 Å². The fourth-order valence-corrected chi connectivity index (χ4v) is 6.26. The number of nitrogens with one attached hydrogen (secondary N) is 1. The summed E-state index contributed by atoms with van der Waals surface area (Å²) in [5.41, 5.74) is 1.55. The van der Waals surface area contributed by atoms with Crippen LogP contribution in [0.15, 0.2) is 112 Å². The second-order valence-electron chi connectivity index (χ2n) is 9.39. The number of benzene rings is 4. The maximum atomic E-state index is 14.2. The zero-order valence-electron chi connectivity index (χ0n) is 22.6. The average Bonchev–Trinajstić information content (AvgIpc) is 3.00. The number of amides is 2. The smallest absolute Gasteiger partial charge is 0.264 e. The number of likely N-dealkylation sites (N-methyl/N-ethyl adjacent to an activating group) is 1. The van der Waals surface area contributed by atoms with Gasteiger partial charge in [0, 0.05) is 24.5 Å². The van der Waals surface area contributed by atoms with E-state index in [-0.39, 0.29) is 28.6 Å². The van der Waals surface area contributed by atoms with E-state index in [0.29, 0.717) is 0 Å². The van der Waals surface area contributed by atoms with Crippen LogP contribution < -0.4 is 9.62 Å². The number of hydrogen-bond acceptors (Lipinski definition) is 4. The molecule has 4 aromatic rings. The molecular formula is C31H28BrClFN3O4S. The Bertz CT molecular complexity index is 1640. The Morgan fingerprint density at radius 1 is 0.905 bits per heavy atom. The van der Waals surface area contributed by atoms with Crippen molar-refractivity contribution in [3.8, 4) is 0 Å². The zero-order valence-corrected chi connectivity index (χ0v) is 25.7. The molecule has 1 N–H and O–H groups in total. The summed E-state index contributed by atoms with van der Waals surface area (Å²) in [5.74, 6) is -1.78. The lowest BCUT2D eigenvalue weighted by Crippen LogP contribution is -2.53. The molecule has 0 aliphatic rings. The Balaban J connectivity index is 1.79. The van der Waals surface area contributed by atoms with E-state index in [9.17, 15) is 22.4 Å². The van der Waals surface area contributed by atoms with Crippen LogP contribution in [0.3, 0.4) is 0 Å². The molecule has 2 amide bonds. The second-order valence-corrected chi connectivity index (χ2v) is 12.6. The van der Waals surface area contributed by atoms with Gasteiger partial charge in [-0.3, -0.25) is 13.9 Å². The van der Waals surface area contributed by atoms with Gasteiger partial charge in [-0.15, -0.1) is 0 Å². The third-order valence-corrected chi connectivity index (χ3v) is 9.19. The molecule has 0 spiro atoms. The van der Waals surface area contributed by atoms with Crippen LogP contribution in [-0.4, -0.2) is 44.8 Å². The molecule has 42 heavy (non-hydrogen) atoms. The van der Waals surface area contributed by atoms with Crippen LogP contribution in [0.5, 0.6) is 0 Å². The van der Waals surface area contributed by atoms with E-state index >= 15 is 0 Å². The van der Waals surface area contributed by atoms with E-state index in [2.05, 4.69) is 21.2 Å². The molecule has 0 aliphatic carbocycles. The number of nitrogens with zero attached hydrogens (tertiary/aromatic N) is 2. The third-order valence-electron chi connectivity index (χ3n) is 6.58. The normalized spacial score (nSPS) is 11.9. The number of rotatable bonds is 11. The molecule has 11 heteroatoms. The summed E-state index contributed by atoms with van der Waals surface area (Å²) in [6.45, 7) is -0.640. The van der Waals surface area contributed by atoms with Crippen molar-refractivity contribution in [2.75, 3.05) is 17.9 Å². The molecule has 7 nitrogen and oxygen atoms in total. The molecule has 4 aromatic carbocycles. The molecule has 0 saturated carbocycles. The molecule has 0 heterocycles. The molecule has 0 aliphatic heterocycles. The summed E-state index contributed by atoms with van der Waals surface area (Å²) in [6.07, 6.45) is 0.191. The summed E-state index contributed by atoms with van der Waals surface area (Å²) in [4.78, 5) is 28.8. The third kappa shape index (κ3) is 7.56. The highest BCUT2D eigenvalue weighted by Crippen LogP contribution is 2.28. The van der Waals surface area contributed by atoms with Crippen LogP contribution in [-0.2, 0) is 32.6 Å². The van der Waals surface area contributed by atoms with Crippen molar-refractivity contribution in [2.45, 2.75) is 23.9 Å². The predicted octanol–water partition coefficient (Wildman–Crippen LogP) is 5.82. The SMILES string of the molecule is CNC(=O)C(Cc1ccccc1)N(Cc1ccc(Br)cc1)C(=O)CN(c1ccc(F)c(Cl)c1)S(=O)(=O)c1ccccc1. The largest absolute Gasteiger partial charge is 0.357 e. The minimum atomic E-state index is -4.30. The van der Waals surface area contributed by atoms with E-state index in [1.54, 1.807) is 18.2 Å². The fraction of sp³-hybridized carbons (Fsp3) is 0.161. The van der Waals surface area contributed by atoms with Crippen LogP contribution in [0.25, 0.3) is 0 Å². The van der Waals surface area contributed by atoms with Gasteiger partial charge in [-0.1, -0.05) is 88.2 Å². The molecule has 0 saturated heterocycles. The van der Waals surface area contributed by atoms with Gasteiger partial charge < -0.3 is 10.2 Å². The highest BCUT2D eigenvalue weighted by molar-refractivity contribution is 9.10. The van der Waals surface area contributed by atoms with Crippen LogP contribution in [0.4, 0.5) is 10.1 Å². The van der Waals surface area contributed by atoms with Gasteiger partial charge in [-0.2, -0.15) is 0 Å². The molecule has 1 atom stereocenters. The maximum absolute atomic E-state index is 14.2. The van der Waals surface area contributed by atoms with Gasteiger partial charge in [0.15, 0.2) is 0 Å². The van der Waals surface area contributed by atoms with Crippen molar-refractivity contribution < 1.29 is 22.4 Å². The van der Waals surface area contributed by atoms with Gasteiger partial charge in [0.1, 0.15) is 18.4 Å². The van der Waals surface area contributed by atoms with Gasteiger partial charge in [-0.25, -0.2) is 12.8 Å². The van der Waals surface area contributed by atoms with Crippen molar-refractivity contribution >= 4 is 55.1 Å². The van der Waals surface area contributed by atoms with Crippen LogP contribution >= 0.6 is 27.5 Å². The Hall–Kier alpha value is -3.73. The van der Waals surface area contributed by atoms with E-state index in [0.717, 1.165) is 32.0 Å². The lowest BCUT2D eigenvalue weighted by molar-refractivity contribution is -0.139. The first-order valence-corrected chi connectivity index (χ1v) is 15.5. The van der Waals surface area contributed by atoms with E-state index in [1.165, 1.54) is 30.1 Å². The summed E-state index contributed by atoms with van der Waals surface area (Å²) in [7, 11) is -2.82. The molecule has 1 unspecified atom stereocenters. The highest BCUT2D eigenvalue weighted by atomic mass is 79.9. The first-order valence-electron chi connectivity index (χ1n) is 12.9. The minimum absolute atomic E-state index is 0.00162. The average molecular weight is 673 g/mol. The maximum Gasteiger partial charge on any atom is 0.264 e. The van der Waals surface area contributed by atoms with Gasteiger partial charge in [0.2, 0.25) is 11.8 Å². The second kappa shape index (κ2) is 14.0. The molecule has 4 rings (SSSR count). The number of carbonyl (C=O) groups is 2. The number of anilines is 1. The topological polar surface area (TPSA) is 86.8 Å². The summed E-state index contributed by atoms with van der Waals surface area (Å²) in [6, 6.07) is 26.6. The Morgan fingerprint density at radius 3 is 2.12 bits per heavy atom. The molecule has 0 fully saturated rings. The van der Waals surface area contributed by atoms with Crippen molar-refractivity contribution in [1.82, 2.24) is 10.2 Å². The van der Waals surface area contributed by atoms with Crippen molar-refractivity contribution in [3.63, 3.8) is 0 Å². The standard InChI is InChI=1S/C31H28BrClFN3O4S/c1-35-31(39)29(18-22-8-4-2-5-9-22)36(20-23-12-14-24(32)15-13-23)30(38)21-37(25-16-17-28(34)27(33)19-25)42(40,41)26-10-6-3-7-11-26/h2-17,19,29H,18,20-21H2,1H3,(H,35,39). The Morgan fingerprint density at radius 2 is 1.52 bits per heavy atom.